The summed E-state index contributed by atoms with van der Waals surface area (Å²) in [4.78, 5) is 2.44. The standard InChI is InChI=1S/C53H39NO/c1-53(2)46-27-15-12-25-42(46)43-32-30-40(35-47(43)53)54(48-28-16-13-24-41(48)36-18-6-3-7-19-36)39-31-33-50-45(34-39)52(44-26-14-17-29-49(44)55-50)51(37-20-8-4-9-21-37)38-22-10-5-11-23-38/h3-35H,1-2H3. The lowest BCUT2D eigenvalue weighted by molar-refractivity contribution is 0.474. The summed E-state index contributed by atoms with van der Waals surface area (Å²) < 4.78 is 6.74. The van der Waals surface area contributed by atoms with Gasteiger partial charge in [-0.05, 0) is 87.0 Å². The van der Waals surface area contributed by atoms with Crippen molar-refractivity contribution in [3.63, 3.8) is 0 Å². The van der Waals surface area contributed by atoms with E-state index in [1.807, 2.05) is 0 Å². The summed E-state index contributed by atoms with van der Waals surface area (Å²) >= 11 is 0. The molecule has 0 radical (unpaired) electrons. The SMILES string of the molecule is CC1(C)c2ccccc2-c2ccc(N(c3ccc4c(c3)C(=C(c3ccccc3)c3ccccc3)c3ccccc3O4)c3ccccc3-c3ccccc3)cc21. The highest BCUT2D eigenvalue weighted by molar-refractivity contribution is 6.08. The fourth-order valence-corrected chi connectivity index (χ4v) is 8.69. The lowest BCUT2D eigenvalue weighted by Gasteiger charge is -2.32. The van der Waals surface area contributed by atoms with Gasteiger partial charge in [0.1, 0.15) is 11.5 Å². The van der Waals surface area contributed by atoms with E-state index in [0.29, 0.717) is 0 Å². The number of ether oxygens (including phenoxy) is 1. The first-order valence-electron chi connectivity index (χ1n) is 19.0. The van der Waals surface area contributed by atoms with Gasteiger partial charge in [-0.25, -0.2) is 0 Å². The topological polar surface area (TPSA) is 12.5 Å². The van der Waals surface area contributed by atoms with Crippen molar-refractivity contribution in [2.24, 2.45) is 0 Å². The van der Waals surface area contributed by atoms with Gasteiger partial charge < -0.3 is 9.64 Å². The van der Waals surface area contributed by atoms with Crippen LogP contribution in [0.15, 0.2) is 200 Å². The van der Waals surface area contributed by atoms with Crippen molar-refractivity contribution >= 4 is 28.2 Å². The van der Waals surface area contributed by atoms with E-state index in [1.54, 1.807) is 0 Å². The Labute approximate surface area is 323 Å². The van der Waals surface area contributed by atoms with Gasteiger partial charge in [0, 0.05) is 39.1 Å². The first kappa shape index (κ1) is 32.7. The zero-order valence-corrected chi connectivity index (χ0v) is 30.9. The third kappa shape index (κ3) is 5.49. The molecule has 0 atom stereocenters. The van der Waals surface area contributed by atoms with Crippen LogP contribution in [0.1, 0.15) is 47.2 Å². The van der Waals surface area contributed by atoms with E-state index < -0.39 is 0 Å². The fourth-order valence-electron chi connectivity index (χ4n) is 8.69. The molecule has 0 unspecified atom stereocenters. The van der Waals surface area contributed by atoms with Gasteiger partial charge in [0.05, 0.1) is 5.69 Å². The molecule has 0 aromatic heterocycles. The molecule has 0 fully saturated rings. The molecule has 0 N–H and O–H groups in total. The van der Waals surface area contributed by atoms with E-state index in [9.17, 15) is 0 Å². The molecule has 0 saturated carbocycles. The normalized spacial score (nSPS) is 13.2. The average molecular weight is 706 g/mol. The molecule has 2 aliphatic rings. The molecule has 262 valence electrons. The monoisotopic (exact) mass is 705 g/mol. The van der Waals surface area contributed by atoms with Crippen LogP contribution in [-0.4, -0.2) is 0 Å². The van der Waals surface area contributed by atoms with Gasteiger partial charge in [-0.1, -0.05) is 172 Å². The van der Waals surface area contributed by atoms with Crippen molar-refractivity contribution in [1.29, 1.82) is 0 Å². The second kappa shape index (κ2) is 13.2. The van der Waals surface area contributed by atoms with Crippen LogP contribution in [0.2, 0.25) is 0 Å². The Hall–Kier alpha value is -6.90. The molecule has 2 nitrogen and oxygen atoms in total. The zero-order chi connectivity index (χ0) is 36.9. The van der Waals surface area contributed by atoms with Gasteiger partial charge in [0.2, 0.25) is 0 Å². The molecule has 1 heterocycles. The second-order valence-corrected chi connectivity index (χ2v) is 14.9. The van der Waals surface area contributed by atoms with Crippen LogP contribution in [0.4, 0.5) is 17.1 Å². The van der Waals surface area contributed by atoms with Crippen LogP contribution in [0.5, 0.6) is 11.5 Å². The van der Waals surface area contributed by atoms with Gasteiger partial charge in [-0.2, -0.15) is 0 Å². The minimum Gasteiger partial charge on any atom is -0.456 e. The van der Waals surface area contributed by atoms with Crippen LogP contribution in [0, 0.1) is 0 Å². The lowest BCUT2D eigenvalue weighted by atomic mass is 9.82. The Morgan fingerprint density at radius 3 is 1.67 bits per heavy atom. The molecule has 8 aromatic rings. The summed E-state index contributed by atoms with van der Waals surface area (Å²) in [6.45, 7) is 4.70. The van der Waals surface area contributed by atoms with Crippen LogP contribution < -0.4 is 9.64 Å². The number of benzene rings is 8. The maximum Gasteiger partial charge on any atom is 0.135 e. The van der Waals surface area contributed by atoms with Gasteiger partial charge >= 0.3 is 0 Å². The number of para-hydroxylation sites is 2. The van der Waals surface area contributed by atoms with Crippen LogP contribution in [0.3, 0.4) is 0 Å². The molecule has 0 bridgehead atoms. The lowest BCUT2D eigenvalue weighted by Crippen LogP contribution is -2.17. The molecule has 10 rings (SSSR count). The first-order valence-corrected chi connectivity index (χ1v) is 19.0. The van der Waals surface area contributed by atoms with E-state index in [2.05, 4.69) is 219 Å². The van der Waals surface area contributed by atoms with E-state index in [1.165, 1.54) is 33.4 Å². The van der Waals surface area contributed by atoms with Gasteiger partial charge in [0.25, 0.3) is 0 Å². The molecule has 0 spiro atoms. The van der Waals surface area contributed by atoms with Crippen LogP contribution >= 0.6 is 0 Å². The molecule has 2 heteroatoms. The summed E-state index contributed by atoms with van der Waals surface area (Å²) in [7, 11) is 0. The molecule has 1 aliphatic heterocycles. The quantitative estimate of drug-likeness (QED) is 0.171. The highest BCUT2D eigenvalue weighted by Gasteiger charge is 2.36. The summed E-state index contributed by atoms with van der Waals surface area (Å²) in [5.41, 5.74) is 17.5. The van der Waals surface area contributed by atoms with Crippen molar-refractivity contribution in [2.45, 2.75) is 19.3 Å². The molecule has 8 aromatic carbocycles. The predicted octanol–water partition coefficient (Wildman–Crippen LogP) is 14.2. The van der Waals surface area contributed by atoms with E-state index in [4.69, 9.17) is 4.74 Å². The van der Waals surface area contributed by atoms with Crippen molar-refractivity contribution < 1.29 is 4.74 Å². The molecule has 0 saturated heterocycles. The molecule has 0 amide bonds. The Morgan fingerprint density at radius 1 is 0.418 bits per heavy atom. The van der Waals surface area contributed by atoms with Crippen molar-refractivity contribution in [3.8, 4) is 33.8 Å². The predicted molar refractivity (Wildman–Crippen MR) is 229 cm³/mol. The largest absolute Gasteiger partial charge is 0.456 e. The minimum atomic E-state index is -0.143. The highest BCUT2D eigenvalue weighted by atomic mass is 16.5. The maximum absolute atomic E-state index is 6.74. The number of rotatable bonds is 6. The molecular weight excluding hydrogens is 667 g/mol. The average Bonchev–Trinajstić information content (AvgIpc) is 3.47. The van der Waals surface area contributed by atoms with Crippen LogP contribution in [-0.2, 0) is 5.41 Å². The van der Waals surface area contributed by atoms with E-state index >= 15 is 0 Å². The summed E-state index contributed by atoms with van der Waals surface area (Å²) in [5, 5.41) is 0. The third-order valence-corrected chi connectivity index (χ3v) is 11.3. The number of hydrogen-bond acceptors (Lipinski definition) is 2. The number of fused-ring (bicyclic) bond motifs is 5. The number of anilines is 3. The third-order valence-electron chi connectivity index (χ3n) is 11.3. The first-order chi connectivity index (χ1) is 27.1. The highest BCUT2D eigenvalue weighted by Crippen LogP contribution is 2.53. The van der Waals surface area contributed by atoms with Crippen LogP contribution in [0.25, 0.3) is 33.4 Å². The summed E-state index contributed by atoms with van der Waals surface area (Å²) in [6, 6.07) is 72.0. The van der Waals surface area contributed by atoms with Crippen molar-refractivity contribution in [1.82, 2.24) is 0 Å². The minimum absolute atomic E-state index is 0.143. The van der Waals surface area contributed by atoms with Gasteiger partial charge in [0.15, 0.2) is 0 Å². The maximum atomic E-state index is 6.74. The fraction of sp³-hybridized carbons (Fsp3) is 0.0566. The van der Waals surface area contributed by atoms with Gasteiger partial charge in [-0.15, -0.1) is 0 Å². The molecule has 55 heavy (non-hydrogen) atoms. The van der Waals surface area contributed by atoms with E-state index in [-0.39, 0.29) is 5.41 Å². The van der Waals surface area contributed by atoms with Gasteiger partial charge in [-0.3, -0.25) is 0 Å². The second-order valence-electron chi connectivity index (χ2n) is 14.9. The number of hydrogen-bond donors (Lipinski definition) is 0. The van der Waals surface area contributed by atoms with Crippen molar-refractivity contribution in [3.05, 3.63) is 234 Å². The molecule has 1 aliphatic carbocycles. The van der Waals surface area contributed by atoms with Crippen molar-refractivity contribution in [2.75, 3.05) is 4.90 Å². The Bertz CT molecular complexity index is 2700. The molecular formula is C53H39NO. The Kier molecular flexibility index (Phi) is 7.85. The smallest absolute Gasteiger partial charge is 0.135 e. The van der Waals surface area contributed by atoms with E-state index in [0.717, 1.165) is 62.0 Å². The Morgan fingerprint density at radius 2 is 0.945 bits per heavy atom. The zero-order valence-electron chi connectivity index (χ0n) is 30.9. The number of nitrogens with zero attached hydrogens (tertiary/aromatic N) is 1. The summed E-state index contributed by atoms with van der Waals surface area (Å²) in [6.07, 6.45) is 0. The Balaban J connectivity index is 1.25. The summed E-state index contributed by atoms with van der Waals surface area (Å²) in [5.74, 6) is 1.69.